The SMILES string of the molecule is Cc1cc(C)cc(C(=O)CCN2CCN(C)C(C)(C)C2)c1. The highest BCUT2D eigenvalue weighted by Crippen LogP contribution is 2.19. The average Bonchev–Trinajstić information content (AvgIpc) is 2.38. The van der Waals surface area contributed by atoms with Gasteiger partial charge in [0.15, 0.2) is 5.78 Å². The summed E-state index contributed by atoms with van der Waals surface area (Å²) in [6.07, 6.45) is 0.614. The van der Waals surface area contributed by atoms with Crippen LogP contribution in [0.5, 0.6) is 0 Å². The fourth-order valence-corrected chi connectivity index (χ4v) is 3.07. The van der Waals surface area contributed by atoms with Gasteiger partial charge < -0.3 is 0 Å². The summed E-state index contributed by atoms with van der Waals surface area (Å²) in [5.74, 6) is 0.263. The molecule has 0 unspecified atom stereocenters. The van der Waals surface area contributed by atoms with E-state index in [0.717, 1.165) is 31.7 Å². The van der Waals surface area contributed by atoms with Crippen molar-refractivity contribution in [3.05, 3.63) is 34.9 Å². The summed E-state index contributed by atoms with van der Waals surface area (Å²) >= 11 is 0. The molecule has 0 bridgehead atoms. The minimum Gasteiger partial charge on any atom is -0.300 e. The molecule has 0 radical (unpaired) electrons. The summed E-state index contributed by atoms with van der Waals surface area (Å²) in [5.41, 5.74) is 3.39. The van der Waals surface area contributed by atoms with Gasteiger partial charge in [-0.25, -0.2) is 0 Å². The zero-order chi connectivity index (χ0) is 15.6. The molecule has 21 heavy (non-hydrogen) atoms. The molecule has 3 nitrogen and oxygen atoms in total. The smallest absolute Gasteiger partial charge is 0.164 e. The molecule has 0 N–H and O–H groups in total. The number of nitrogens with zero attached hydrogens (tertiary/aromatic N) is 2. The van der Waals surface area contributed by atoms with Gasteiger partial charge in [0.1, 0.15) is 0 Å². The van der Waals surface area contributed by atoms with Crippen LogP contribution in [0.15, 0.2) is 18.2 Å². The third kappa shape index (κ3) is 4.14. The van der Waals surface area contributed by atoms with Crippen molar-refractivity contribution in [3.8, 4) is 0 Å². The summed E-state index contributed by atoms with van der Waals surface area (Å²) in [7, 11) is 2.18. The molecule has 0 aliphatic carbocycles. The van der Waals surface area contributed by atoms with E-state index in [2.05, 4.69) is 36.8 Å². The van der Waals surface area contributed by atoms with Crippen LogP contribution >= 0.6 is 0 Å². The minimum absolute atomic E-state index is 0.196. The molecule has 1 saturated heterocycles. The Morgan fingerprint density at radius 2 is 1.76 bits per heavy atom. The van der Waals surface area contributed by atoms with E-state index >= 15 is 0 Å². The lowest BCUT2D eigenvalue weighted by molar-refractivity contribution is 0.0390. The van der Waals surface area contributed by atoms with E-state index in [4.69, 9.17) is 0 Å². The summed E-state index contributed by atoms with van der Waals surface area (Å²) < 4.78 is 0. The van der Waals surface area contributed by atoms with Crippen molar-refractivity contribution in [2.45, 2.75) is 39.7 Å². The molecule has 1 heterocycles. The van der Waals surface area contributed by atoms with E-state index in [0.29, 0.717) is 6.42 Å². The molecule has 0 atom stereocenters. The number of hydrogen-bond acceptors (Lipinski definition) is 3. The van der Waals surface area contributed by atoms with Gasteiger partial charge in [0.2, 0.25) is 0 Å². The second-order valence-corrected chi connectivity index (χ2v) is 7.06. The summed E-state index contributed by atoms with van der Waals surface area (Å²) in [4.78, 5) is 17.2. The Labute approximate surface area is 128 Å². The Hall–Kier alpha value is -1.19. The van der Waals surface area contributed by atoms with Crippen molar-refractivity contribution < 1.29 is 4.79 Å². The standard InChI is InChI=1S/C18H28N2O/c1-14-10-15(2)12-16(11-14)17(21)6-7-20-9-8-19(5)18(3,4)13-20/h10-12H,6-9,13H2,1-5H3. The minimum atomic E-state index is 0.196. The second kappa shape index (κ2) is 6.29. The van der Waals surface area contributed by atoms with Gasteiger partial charge in [0.05, 0.1) is 0 Å². The number of aryl methyl sites for hydroxylation is 2. The van der Waals surface area contributed by atoms with Gasteiger partial charge in [-0.1, -0.05) is 17.2 Å². The molecule has 0 saturated carbocycles. The fourth-order valence-electron chi connectivity index (χ4n) is 3.07. The number of piperazine rings is 1. The molecule has 1 aliphatic heterocycles. The number of ketones is 1. The fraction of sp³-hybridized carbons (Fsp3) is 0.611. The molecular formula is C18H28N2O. The predicted molar refractivity (Wildman–Crippen MR) is 88.0 cm³/mol. The number of carbonyl (C=O) groups excluding carboxylic acids is 1. The van der Waals surface area contributed by atoms with E-state index < -0.39 is 0 Å². The number of Topliss-reactive ketones (excluding diaryl/α,β-unsaturated/α-hetero) is 1. The third-order valence-electron chi connectivity index (χ3n) is 4.59. The van der Waals surface area contributed by atoms with Crippen molar-refractivity contribution >= 4 is 5.78 Å². The predicted octanol–water partition coefficient (Wildman–Crippen LogP) is 2.90. The average molecular weight is 288 g/mol. The van der Waals surface area contributed by atoms with Crippen LogP contribution in [0.1, 0.15) is 41.8 Å². The molecule has 2 rings (SSSR count). The van der Waals surface area contributed by atoms with Crippen LogP contribution in [0.25, 0.3) is 0 Å². The third-order valence-corrected chi connectivity index (χ3v) is 4.59. The van der Waals surface area contributed by atoms with Gasteiger partial charge >= 0.3 is 0 Å². The Balaban J connectivity index is 1.92. The zero-order valence-corrected chi connectivity index (χ0v) is 14.1. The maximum absolute atomic E-state index is 12.4. The first kappa shape index (κ1) is 16.2. The first-order chi connectivity index (χ1) is 9.78. The van der Waals surface area contributed by atoms with E-state index in [1.54, 1.807) is 0 Å². The van der Waals surface area contributed by atoms with Crippen molar-refractivity contribution in [1.82, 2.24) is 9.80 Å². The Morgan fingerprint density at radius 3 is 2.33 bits per heavy atom. The maximum Gasteiger partial charge on any atom is 0.164 e. The van der Waals surface area contributed by atoms with Gasteiger partial charge in [-0.3, -0.25) is 14.6 Å². The molecule has 3 heteroatoms. The first-order valence-corrected chi connectivity index (χ1v) is 7.83. The van der Waals surface area contributed by atoms with Crippen molar-refractivity contribution in [2.24, 2.45) is 0 Å². The first-order valence-electron chi connectivity index (χ1n) is 7.83. The largest absolute Gasteiger partial charge is 0.300 e. The van der Waals surface area contributed by atoms with Crippen LogP contribution in [-0.4, -0.2) is 54.3 Å². The van der Waals surface area contributed by atoms with Crippen LogP contribution in [0, 0.1) is 13.8 Å². The van der Waals surface area contributed by atoms with E-state index in [1.165, 1.54) is 11.1 Å². The van der Waals surface area contributed by atoms with E-state index in [-0.39, 0.29) is 11.3 Å². The molecule has 1 aromatic rings. The Morgan fingerprint density at radius 1 is 1.14 bits per heavy atom. The Kier molecular flexibility index (Phi) is 4.84. The van der Waals surface area contributed by atoms with Crippen LogP contribution in [0.2, 0.25) is 0 Å². The molecule has 1 aromatic carbocycles. The highest BCUT2D eigenvalue weighted by atomic mass is 16.1. The number of rotatable bonds is 4. The molecule has 1 aliphatic rings. The van der Waals surface area contributed by atoms with Crippen molar-refractivity contribution in [2.75, 3.05) is 33.2 Å². The zero-order valence-electron chi connectivity index (χ0n) is 14.1. The van der Waals surface area contributed by atoms with Crippen LogP contribution in [0.4, 0.5) is 0 Å². The topological polar surface area (TPSA) is 23.6 Å². The summed E-state index contributed by atoms with van der Waals surface area (Å²) in [5, 5.41) is 0. The molecule has 0 spiro atoms. The van der Waals surface area contributed by atoms with Crippen molar-refractivity contribution in [3.63, 3.8) is 0 Å². The monoisotopic (exact) mass is 288 g/mol. The Bertz CT molecular complexity index is 502. The van der Waals surface area contributed by atoms with Crippen LogP contribution in [0.3, 0.4) is 0 Å². The number of benzene rings is 1. The lowest BCUT2D eigenvalue weighted by atomic mass is 9.98. The van der Waals surface area contributed by atoms with Crippen LogP contribution < -0.4 is 0 Å². The number of likely N-dealkylation sites (N-methyl/N-ethyl adjacent to an activating group) is 1. The molecule has 0 amide bonds. The van der Waals surface area contributed by atoms with Crippen LogP contribution in [-0.2, 0) is 0 Å². The maximum atomic E-state index is 12.4. The number of carbonyl (C=O) groups is 1. The summed E-state index contributed by atoms with van der Waals surface area (Å²) in [6.45, 7) is 12.7. The highest BCUT2D eigenvalue weighted by Gasteiger charge is 2.30. The van der Waals surface area contributed by atoms with E-state index in [9.17, 15) is 4.79 Å². The lowest BCUT2D eigenvalue weighted by Gasteiger charge is -2.45. The lowest BCUT2D eigenvalue weighted by Crippen LogP contribution is -2.57. The summed E-state index contributed by atoms with van der Waals surface area (Å²) in [6, 6.07) is 6.12. The van der Waals surface area contributed by atoms with E-state index in [1.807, 2.05) is 26.0 Å². The normalized spacial score (nSPS) is 19.7. The highest BCUT2D eigenvalue weighted by molar-refractivity contribution is 5.96. The molecule has 0 aromatic heterocycles. The molecule has 116 valence electrons. The van der Waals surface area contributed by atoms with Gasteiger partial charge in [-0.2, -0.15) is 0 Å². The van der Waals surface area contributed by atoms with Gasteiger partial charge in [0.25, 0.3) is 0 Å². The van der Waals surface area contributed by atoms with Gasteiger partial charge in [-0.05, 0) is 46.9 Å². The van der Waals surface area contributed by atoms with Gasteiger partial charge in [0, 0.05) is 43.7 Å². The second-order valence-electron chi connectivity index (χ2n) is 7.06. The quantitative estimate of drug-likeness (QED) is 0.796. The van der Waals surface area contributed by atoms with Gasteiger partial charge in [-0.15, -0.1) is 0 Å². The molecular weight excluding hydrogens is 260 g/mol. The molecule has 1 fully saturated rings. The number of hydrogen-bond donors (Lipinski definition) is 0. The van der Waals surface area contributed by atoms with Crippen molar-refractivity contribution in [1.29, 1.82) is 0 Å².